The number of thiophene rings is 1. The summed E-state index contributed by atoms with van der Waals surface area (Å²) in [7, 11) is 0. The maximum Gasteiger partial charge on any atom is 0.159 e. The second kappa shape index (κ2) is 11.5. The lowest BCUT2D eigenvalue weighted by atomic mass is 9.99. The highest BCUT2D eigenvalue weighted by molar-refractivity contribution is 7.26. The maximum atomic E-state index is 6.76. The van der Waals surface area contributed by atoms with Crippen molar-refractivity contribution in [3.63, 3.8) is 0 Å². The molecule has 0 spiro atoms. The number of nitrogens with zero attached hydrogens (tertiary/aromatic N) is 2. The highest BCUT2D eigenvalue weighted by Gasteiger charge is 2.25. The molecule has 0 bridgehead atoms. The number of aromatic nitrogens is 1. The average Bonchev–Trinajstić information content (AvgIpc) is 3.89. The van der Waals surface area contributed by atoms with Crippen LogP contribution in [0, 0.1) is 0 Å². The zero-order chi connectivity index (χ0) is 34.2. The van der Waals surface area contributed by atoms with Gasteiger partial charge in [-0.3, -0.25) is 0 Å². The molecule has 0 atom stereocenters. The van der Waals surface area contributed by atoms with E-state index in [0.29, 0.717) is 0 Å². The van der Waals surface area contributed by atoms with E-state index in [1.807, 2.05) is 17.4 Å². The summed E-state index contributed by atoms with van der Waals surface area (Å²) < 4.78 is 11.7. The molecule has 0 amide bonds. The first-order valence-corrected chi connectivity index (χ1v) is 18.4. The largest absolute Gasteiger partial charge is 0.454 e. The molecule has 0 aliphatic heterocycles. The van der Waals surface area contributed by atoms with E-state index in [2.05, 4.69) is 185 Å². The zero-order valence-electron chi connectivity index (χ0n) is 28.0. The molecule has 3 heterocycles. The monoisotopic (exact) mass is 682 g/mol. The van der Waals surface area contributed by atoms with Gasteiger partial charge in [-0.15, -0.1) is 11.3 Å². The topological polar surface area (TPSA) is 21.3 Å². The minimum absolute atomic E-state index is 0.868. The summed E-state index contributed by atoms with van der Waals surface area (Å²) in [5.74, 6) is 0. The maximum absolute atomic E-state index is 6.76. The fourth-order valence-electron chi connectivity index (χ4n) is 8.18. The minimum atomic E-state index is 0.868. The summed E-state index contributed by atoms with van der Waals surface area (Å²) in [6.07, 6.45) is 0. The van der Waals surface area contributed by atoms with Crippen molar-refractivity contribution in [1.29, 1.82) is 0 Å². The molecule has 3 aromatic heterocycles. The molecule has 4 heteroatoms. The molecule has 0 saturated heterocycles. The summed E-state index contributed by atoms with van der Waals surface area (Å²) >= 11 is 1.85. The van der Waals surface area contributed by atoms with Gasteiger partial charge in [0.15, 0.2) is 5.58 Å². The molecule has 52 heavy (non-hydrogen) atoms. The van der Waals surface area contributed by atoms with E-state index in [1.165, 1.54) is 42.0 Å². The molecular formula is C48H30N2OS. The van der Waals surface area contributed by atoms with Gasteiger partial charge in [0, 0.05) is 48.1 Å². The van der Waals surface area contributed by atoms with Crippen LogP contribution in [0.3, 0.4) is 0 Å². The van der Waals surface area contributed by atoms with Crippen LogP contribution in [0.2, 0.25) is 0 Å². The Balaban J connectivity index is 1.23. The SMILES string of the molecule is c1ccc(N(c2cccc3c2oc2ccccc23)c2cccc3c2sc2ccccc23)c(-c2ccccc2-n2c3ccccc3c3ccccc32)c1. The third-order valence-electron chi connectivity index (χ3n) is 10.4. The molecular weight excluding hydrogens is 653 g/mol. The second-order valence-electron chi connectivity index (χ2n) is 13.2. The first-order chi connectivity index (χ1) is 25.8. The quantitative estimate of drug-likeness (QED) is 0.180. The lowest BCUT2D eigenvalue weighted by Gasteiger charge is -2.29. The number of benzene rings is 8. The van der Waals surface area contributed by atoms with Crippen LogP contribution in [0.1, 0.15) is 0 Å². The molecule has 0 aliphatic rings. The Hall–Kier alpha value is -6.62. The summed E-state index contributed by atoms with van der Waals surface area (Å²) in [5, 5.41) is 7.24. The third kappa shape index (κ3) is 4.25. The number of para-hydroxylation sites is 6. The van der Waals surface area contributed by atoms with Gasteiger partial charge in [0.05, 0.1) is 38.5 Å². The van der Waals surface area contributed by atoms with Crippen LogP contribution in [0.15, 0.2) is 186 Å². The van der Waals surface area contributed by atoms with Crippen molar-refractivity contribution in [2.45, 2.75) is 0 Å². The number of fused-ring (bicyclic) bond motifs is 9. The Labute approximate surface area is 303 Å². The summed E-state index contributed by atoms with van der Waals surface area (Å²) in [4.78, 5) is 2.43. The minimum Gasteiger partial charge on any atom is -0.454 e. The van der Waals surface area contributed by atoms with Gasteiger partial charge in [-0.2, -0.15) is 0 Å². The zero-order valence-corrected chi connectivity index (χ0v) is 28.8. The van der Waals surface area contributed by atoms with Crippen LogP contribution in [-0.2, 0) is 0 Å². The molecule has 0 unspecified atom stereocenters. The van der Waals surface area contributed by atoms with Crippen molar-refractivity contribution in [2.75, 3.05) is 4.90 Å². The number of hydrogen-bond acceptors (Lipinski definition) is 3. The van der Waals surface area contributed by atoms with E-state index in [0.717, 1.165) is 55.8 Å². The van der Waals surface area contributed by atoms with E-state index in [1.54, 1.807) is 0 Å². The fourth-order valence-corrected chi connectivity index (χ4v) is 9.39. The van der Waals surface area contributed by atoms with E-state index in [-0.39, 0.29) is 0 Å². The predicted octanol–water partition coefficient (Wildman–Crippen LogP) is 14.2. The molecule has 3 nitrogen and oxygen atoms in total. The third-order valence-corrected chi connectivity index (χ3v) is 11.6. The smallest absolute Gasteiger partial charge is 0.159 e. The van der Waals surface area contributed by atoms with Crippen molar-refractivity contribution in [3.8, 4) is 16.8 Å². The van der Waals surface area contributed by atoms with E-state index >= 15 is 0 Å². The first-order valence-electron chi connectivity index (χ1n) is 17.6. The molecule has 0 fully saturated rings. The van der Waals surface area contributed by atoms with Gasteiger partial charge in [0.25, 0.3) is 0 Å². The highest BCUT2D eigenvalue weighted by Crippen LogP contribution is 2.50. The van der Waals surface area contributed by atoms with Crippen LogP contribution in [-0.4, -0.2) is 4.57 Å². The van der Waals surface area contributed by atoms with E-state index in [9.17, 15) is 0 Å². The number of anilines is 3. The average molecular weight is 683 g/mol. The standard InChI is InChI=1S/C48H30N2OS/c1-7-23-39-31(15-1)32-16-2-8-24-40(32)49(39)41-25-9-3-17-33(41)34-18-4-10-26-42(34)50(43-27-13-21-37-35-19-5-11-29-45(35)51-47(37)43)44-28-14-22-38-36-20-6-12-30-46(36)52-48(38)44/h1-30H. The van der Waals surface area contributed by atoms with Gasteiger partial charge in [0.1, 0.15) is 5.58 Å². The second-order valence-corrected chi connectivity index (χ2v) is 14.3. The molecule has 8 aromatic carbocycles. The van der Waals surface area contributed by atoms with Crippen LogP contribution in [0.5, 0.6) is 0 Å². The van der Waals surface area contributed by atoms with Gasteiger partial charge < -0.3 is 13.9 Å². The lowest BCUT2D eigenvalue weighted by molar-refractivity contribution is 0.669. The lowest BCUT2D eigenvalue weighted by Crippen LogP contribution is -2.12. The molecule has 0 N–H and O–H groups in total. The van der Waals surface area contributed by atoms with Crippen LogP contribution in [0.4, 0.5) is 17.1 Å². The van der Waals surface area contributed by atoms with Gasteiger partial charge >= 0.3 is 0 Å². The number of rotatable bonds is 5. The molecule has 0 aliphatic carbocycles. The fraction of sp³-hybridized carbons (Fsp3) is 0. The highest BCUT2D eigenvalue weighted by atomic mass is 32.1. The van der Waals surface area contributed by atoms with Crippen LogP contribution >= 0.6 is 11.3 Å². The molecule has 0 saturated carbocycles. The molecule has 244 valence electrons. The Morgan fingerprint density at radius 3 is 1.77 bits per heavy atom. The van der Waals surface area contributed by atoms with Gasteiger partial charge in [0.2, 0.25) is 0 Å². The van der Waals surface area contributed by atoms with Gasteiger partial charge in [-0.1, -0.05) is 133 Å². The van der Waals surface area contributed by atoms with Crippen molar-refractivity contribution in [3.05, 3.63) is 182 Å². The molecule has 0 radical (unpaired) electrons. The molecule has 11 rings (SSSR count). The summed E-state index contributed by atoms with van der Waals surface area (Å²) in [6, 6.07) is 65.4. The van der Waals surface area contributed by atoms with Crippen LogP contribution in [0.25, 0.3) is 80.7 Å². The van der Waals surface area contributed by atoms with Crippen molar-refractivity contribution in [1.82, 2.24) is 4.57 Å². The Morgan fingerprint density at radius 2 is 0.962 bits per heavy atom. The van der Waals surface area contributed by atoms with E-state index < -0.39 is 0 Å². The Morgan fingerprint density at radius 1 is 0.404 bits per heavy atom. The Bertz CT molecular complexity index is 3000. The summed E-state index contributed by atoms with van der Waals surface area (Å²) in [5.41, 5.74) is 10.7. The van der Waals surface area contributed by atoms with E-state index in [4.69, 9.17) is 4.42 Å². The van der Waals surface area contributed by atoms with Crippen molar-refractivity contribution in [2.24, 2.45) is 0 Å². The van der Waals surface area contributed by atoms with Crippen LogP contribution < -0.4 is 4.90 Å². The van der Waals surface area contributed by atoms with Gasteiger partial charge in [-0.05, 0) is 48.5 Å². The summed E-state index contributed by atoms with van der Waals surface area (Å²) in [6.45, 7) is 0. The molecule has 11 aromatic rings. The van der Waals surface area contributed by atoms with Crippen molar-refractivity contribution < 1.29 is 4.42 Å². The van der Waals surface area contributed by atoms with Crippen molar-refractivity contribution >= 4 is 92.3 Å². The first kappa shape index (κ1) is 29.1. The van der Waals surface area contributed by atoms with Gasteiger partial charge in [-0.25, -0.2) is 0 Å². The predicted molar refractivity (Wildman–Crippen MR) is 221 cm³/mol. The number of hydrogen-bond donors (Lipinski definition) is 0. The number of furan rings is 1. The normalized spacial score (nSPS) is 11.8. The Kier molecular flexibility index (Phi) is 6.42.